The number of hydrogen-bond acceptors (Lipinski definition) is 2. The Balaban J connectivity index is 1.85. The lowest BCUT2D eigenvalue weighted by atomic mass is 10.1. The zero-order valence-electron chi connectivity index (χ0n) is 12.7. The second-order valence-corrected chi connectivity index (χ2v) is 5.49. The topological polar surface area (TPSA) is 57.8 Å². The van der Waals surface area contributed by atoms with Gasteiger partial charge in [-0.3, -0.25) is 9.89 Å². The summed E-state index contributed by atoms with van der Waals surface area (Å²) in [5.41, 5.74) is 2.54. The van der Waals surface area contributed by atoms with Crippen LogP contribution in [0.1, 0.15) is 34.6 Å². The van der Waals surface area contributed by atoms with Crippen LogP contribution in [0.15, 0.2) is 36.4 Å². The van der Waals surface area contributed by atoms with Crippen molar-refractivity contribution in [2.45, 2.75) is 19.9 Å². The van der Waals surface area contributed by atoms with Gasteiger partial charge in [0.15, 0.2) is 17.3 Å². The molecule has 0 spiro atoms. The van der Waals surface area contributed by atoms with E-state index in [1.54, 1.807) is 6.92 Å². The fraction of sp³-hybridized carbons (Fsp3) is 0.176. The highest BCUT2D eigenvalue weighted by atomic mass is 19.2. The monoisotopic (exact) mass is 315 g/mol. The van der Waals surface area contributed by atoms with Crippen molar-refractivity contribution in [3.8, 4) is 0 Å². The Kier molecular flexibility index (Phi) is 3.82. The van der Waals surface area contributed by atoms with E-state index in [2.05, 4.69) is 15.5 Å². The van der Waals surface area contributed by atoms with Crippen LogP contribution in [0.2, 0.25) is 0 Å². The van der Waals surface area contributed by atoms with Crippen LogP contribution in [0.5, 0.6) is 0 Å². The Morgan fingerprint density at radius 2 is 1.96 bits per heavy atom. The van der Waals surface area contributed by atoms with Gasteiger partial charge < -0.3 is 5.32 Å². The Labute approximate surface area is 131 Å². The van der Waals surface area contributed by atoms with Crippen LogP contribution in [0, 0.1) is 18.6 Å². The predicted molar refractivity (Wildman–Crippen MR) is 83.1 cm³/mol. The predicted octanol–water partition coefficient (Wildman–Crippen LogP) is 3.64. The number of amides is 1. The molecule has 0 saturated heterocycles. The minimum absolute atomic E-state index is 0.276. The first-order valence-electron chi connectivity index (χ1n) is 7.16. The van der Waals surface area contributed by atoms with E-state index >= 15 is 0 Å². The second kappa shape index (κ2) is 5.79. The standard InChI is InChI=1S/C17H15F2N3O/c1-9-3-6-15-12(7-9)16(22-21-15)17(23)20-10(2)11-4-5-13(18)14(19)8-11/h3-8,10H,1-2H3,(H,20,23)(H,21,22). The zero-order chi connectivity index (χ0) is 16.6. The van der Waals surface area contributed by atoms with Gasteiger partial charge in [-0.1, -0.05) is 17.7 Å². The summed E-state index contributed by atoms with van der Waals surface area (Å²) in [6.45, 7) is 3.63. The molecule has 2 N–H and O–H groups in total. The first-order valence-corrected chi connectivity index (χ1v) is 7.16. The molecule has 0 aliphatic carbocycles. The van der Waals surface area contributed by atoms with E-state index in [4.69, 9.17) is 0 Å². The Bertz CT molecular complexity index is 889. The van der Waals surface area contributed by atoms with Crippen molar-refractivity contribution in [3.05, 3.63) is 64.9 Å². The van der Waals surface area contributed by atoms with Gasteiger partial charge in [0.2, 0.25) is 0 Å². The molecule has 1 unspecified atom stereocenters. The Hall–Kier alpha value is -2.76. The largest absolute Gasteiger partial charge is 0.344 e. The van der Waals surface area contributed by atoms with Gasteiger partial charge in [-0.15, -0.1) is 0 Å². The van der Waals surface area contributed by atoms with Crippen LogP contribution in [-0.2, 0) is 0 Å². The molecule has 1 amide bonds. The van der Waals surface area contributed by atoms with Crippen LogP contribution in [0.4, 0.5) is 8.78 Å². The number of rotatable bonds is 3. The molecule has 0 aliphatic heterocycles. The third-order valence-electron chi connectivity index (χ3n) is 3.72. The minimum Gasteiger partial charge on any atom is -0.344 e. The summed E-state index contributed by atoms with van der Waals surface area (Å²) in [5.74, 6) is -2.23. The lowest BCUT2D eigenvalue weighted by molar-refractivity contribution is 0.0936. The lowest BCUT2D eigenvalue weighted by Crippen LogP contribution is -2.27. The van der Waals surface area contributed by atoms with Gasteiger partial charge in [0.05, 0.1) is 11.6 Å². The van der Waals surface area contributed by atoms with Gasteiger partial charge >= 0.3 is 0 Å². The zero-order valence-corrected chi connectivity index (χ0v) is 12.7. The van der Waals surface area contributed by atoms with Crippen LogP contribution in [0.25, 0.3) is 10.9 Å². The lowest BCUT2D eigenvalue weighted by Gasteiger charge is -2.14. The Morgan fingerprint density at radius 1 is 1.17 bits per heavy atom. The molecular weight excluding hydrogens is 300 g/mol. The van der Waals surface area contributed by atoms with Crippen molar-refractivity contribution in [1.29, 1.82) is 0 Å². The number of aromatic amines is 1. The molecular formula is C17H15F2N3O. The maximum absolute atomic E-state index is 13.3. The minimum atomic E-state index is -0.940. The van der Waals surface area contributed by atoms with Crippen molar-refractivity contribution in [1.82, 2.24) is 15.5 Å². The van der Waals surface area contributed by atoms with Gasteiger partial charge in [0.25, 0.3) is 5.91 Å². The summed E-state index contributed by atoms with van der Waals surface area (Å²) in [5, 5.41) is 10.3. The van der Waals surface area contributed by atoms with Gasteiger partial charge in [0, 0.05) is 5.39 Å². The Morgan fingerprint density at radius 3 is 2.70 bits per heavy atom. The number of nitrogens with zero attached hydrogens (tertiary/aromatic N) is 1. The molecule has 118 valence electrons. The van der Waals surface area contributed by atoms with Gasteiger partial charge in [-0.05, 0) is 43.7 Å². The molecule has 23 heavy (non-hydrogen) atoms. The number of aromatic nitrogens is 2. The van der Waals surface area contributed by atoms with Crippen LogP contribution in [0.3, 0.4) is 0 Å². The average molecular weight is 315 g/mol. The van der Waals surface area contributed by atoms with E-state index in [-0.39, 0.29) is 11.6 Å². The van der Waals surface area contributed by atoms with Gasteiger partial charge in [-0.2, -0.15) is 5.10 Å². The van der Waals surface area contributed by atoms with Gasteiger partial charge in [0.1, 0.15) is 0 Å². The van der Waals surface area contributed by atoms with E-state index in [9.17, 15) is 13.6 Å². The second-order valence-electron chi connectivity index (χ2n) is 5.49. The first kappa shape index (κ1) is 15.1. The van der Waals surface area contributed by atoms with E-state index in [0.29, 0.717) is 5.56 Å². The molecule has 1 atom stereocenters. The summed E-state index contributed by atoms with van der Waals surface area (Å²) < 4.78 is 26.3. The molecule has 3 rings (SSSR count). The molecule has 0 fully saturated rings. The SMILES string of the molecule is Cc1ccc2[nH]nc(C(=O)NC(C)c3ccc(F)c(F)c3)c2c1. The molecule has 3 aromatic rings. The number of carbonyl (C=O) groups is 1. The molecule has 0 aliphatic rings. The maximum atomic E-state index is 13.3. The molecule has 2 aromatic carbocycles. The quantitative estimate of drug-likeness (QED) is 0.775. The molecule has 0 radical (unpaired) electrons. The highest BCUT2D eigenvalue weighted by Crippen LogP contribution is 2.20. The number of fused-ring (bicyclic) bond motifs is 1. The summed E-state index contributed by atoms with van der Waals surface area (Å²) >= 11 is 0. The summed E-state index contributed by atoms with van der Waals surface area (Å²) in [7, 11) is 0. The van der Waals surface area contributed by atoms with Crippen molar-refractivity contribution >= 4 is 16.8 Å². The first-order chi connectivity index (χ1) is 11.0. The number of halogens is 2. The molecule has 0 saturated carbocycles. The third kappa shape index (κ3) is 2.92. The smallest absolute Gasteiger partial charge is 0.272 e. The summed E-state index contributed by atoms with van der Waals surface area (Å²) in [4.78, 5) is 12.4. The number of hydrogen-bond donors (Lipinski definition) is 2. The van der Waals surface area contributed by atoms with E-state index in [1.807, 2.05) is 25.1 Å². The van der Waals surface area contributed by atoms with Crippen molar-refractivity contribution < 1.29 is 13.6 Å². The number of nitrogens with one attached hydrogen (secondary N) is 2. The van der Waals surface area contributed by atoms with Crippen LogP contribution >= 0.6 is 0 Å². The summed E-state index contributed by atoms with van der Waals surface area (Å²) in [6, 6.07) is 8.73. The fourth-order valence-electron chi connectivity index (χ4n) is 2.43. The van der Waals surface area contributed by atoms with E-state index in [0.717, 1.165) is 28.6 Å². The van der Waals surface area contributed by atoms with Crippen LogP contribution in [-0.4, -0.2) is 16.1 Å². The number of H-pyrrole nitrogens is 1. The van der Waals surface area contributed by atoms with E-state index in [1.165, 1.54) is 6.07 Å². The van der Waals surface area contributed by atoms with Crippen molar-refractivity contribution in [2.24, 2.45) is 0 Å². The van der Waals surface area contributed by atoms with E-state index < -0.39 is 17.7 Å². The number of aryl methyl sites for hydroxylation is 1. The maximum Gasteiger partial charge on any atom is 0.272 e. The highest BCUT2D eigenvalue weighted by molar-refractivity contribution is 6.04. The molecule has 0 bridgehead atoms. The third-order valence-corrected chi connectivity index (χ3v) is 3.72. The molecule has 1 heterocycles. The molecule has 1 aromatic heterocycles. The molecule has 6 heteroatoms. The molecule has 4 nitrogen and oxygen atoms in total. The van der Waals surface area contributed by atoms with Gasteiger partial charge in [-0.25, -0.2) is 8.78 Å². The van der Waals surface area contributed by atoms with Crippen LogP contribution < -0.4 is 5.32 Å². The fourth-order valence-corrected chi connectivity index (χ4v) is 2.43. The number of benzene rings is 2. The van der Waals surface area contributed by atoms with Crippen molar-refractivity contribution in [3.63, 3.8) is 0 Å². The van der Waals surface area contributed by atoms with Crippen molar-refractivity contribution in [2.75, 3.05) is 0 Å². The highest BCUT2D eigenvalue weighted by Gasteiger charge is 2.18. The number of carbonyl (C=O) groups excluding carboxylic acids is 1. The normalized spacial score (nSPS) is 12.3. The summed E-state index contributed by atoms with van der Waals surface area (Å²) in [6.07, 6.45) is 0. The average Bonchev–Trinajstić information content (AvgIpc) is 2.92.